The molecule has 0 fully saturated rings. The molecule has 0 bridgehead atoms. The van der Waals surface area contributed by atoms with Crippen molar-refractivity contribution in [1.82, 2.24) is 21.7 Å². The van der Waals surface area contributed by atoms with Gasteiger partial charge in [0.15, 0.2) is 0 Å². The summed E-state index contributed by atoms with van der Waals surface area (Å²) in [6.07, 6.45) is 0. The molecule has 42 heavy (non-hydrogen) atoms. The van der Waals surface area contributed by atoms with Gasteiger partial charge >= 0.3 is 0 Å². The molecule has 3 aromatic carbocycles. The fraction of sp³-hybridized carbons (Fsp3) is 0. The minimum Gasteiger partial charge on any atom is -0.267 e. The van der Waals surface area contributed by atoms with Crippen molar-refractivity contribution in [3.63, 3.8) is 0 Å². The number of hydrogen-bond acceptors (Lipinski definition) is 12. The molecule has 0 unspecified atom stereocenters. The monoisotopic (exact) mass is 582 g/mol. The van der Waals surface area contributed by atoms with E-state index in [-0.39, 0.29) is 11.1 Å². The Morgan fingerprint density at radius 3 is 0.952 bits per heavy atom. The van der Waals surface area contributed by atoms with Gasteiger partial charge in [0.1, 0.15) is 0 Å². The maximum Gasteiger partial charge on any atom is 0.277 e. The number of carbonyl (C=O) groups is 4. The molecule has 214 valence electrons. The largest absolute Gasteiger partial charge is 0.277 e. The maximum atomic E-state index is 12.5. The molecule has 0 aliphatic heterocycles. The minimum absolute atomic E-state index is 0.200. The topological polar surface area (TPSA) is 289 Å². The molecule has 0 spiro atoms. The quantitative estimate of drug-likeness (QED) is 0.217. The number of amides is 4. The van der Waals surface area contributed by atoms with Gasteiger partial charge in [-0.3, -0.25) is 81.3 Å². The lowest BCUT2D eigenvalue weighted by molar-refractivity contribution is -0.394. The molecule has 0 atom stereocenters. The van der Waals surface area contributed by atoms with Crippen LogP contribution in [0, 0.1) is 40.5 Å². The van der Waals surface area contributed by atoms with E-state index < -0.39 is 77.2 Å². The molecule has 0 aliphatic carbocycles. The number of nitro groups is 4. The van der Waals surface area contributed by atoms with Crippen LogP contribution in [0.2, 0.25) is 0 Å². The molecular formula is C22H14N8O12. The van der Waals surface area contributed by atoms with Gasteiger partial charge in [0.2, 0.25) is 0 Å². The smallest absolute Gasteiger partial charge is 0.267 e. The molecule has 20 nitrogen and oxygen atoms in total. The molecule has 4 N–H and O–H groups in total. The Labute approximate surface area is 230 Å². The van der Waals surface area contributed by atoms with Crippen LogP contribution in [-0.2, 0) is 0 Å². The van der Waals surface area contributed by atoms with Gasteiger partial charge < -0.3 is 0 Å². The number of carbonyl (C=O) groups excluding carboxylic acids is 4. The van der Waals surface area contributed by atoms with Crippen molar-refractivity contribution >= 4 is 46.4 Å². The number of nitrogens with zero attached hydrogens (tertiary/aromatic N) is 4. The summed E-state index contributed by atoms with van der Waals surface area (Å²) >= 11 is 0. The van der Waals surface area contributed by atoms with Gasteiger partial charge in [0, 0.05) is 35.4 Å². The summed E-state index contributed by atoms with van der Waals surface area (Å²) in [5.74, 6) is -4.22. The second kappa shape index (κ2) is 12.3. The van der Waals surface area contributed by atoms with Crippen molar-refractivity contribution in [1.29, 1.82) is 0 Å². The molecule has 20 heteroatoms. The number of nitrogens with one attached hydrogen (secondary N) is 4. The Kier molecular flexibility index (Phi) is 8.72. The van der Waals surface area contributed by atoms with Crippen LogP contribution < -0.4 is 21.7 Å². The van der Waals surface area contributed by atoms with Gasteiger partial charge in [-0.15, -0.1) is 0 Å². The molecule has 0 aliphatic rings. The first kappa shape index (κ1) is 29.7. The Morgan fingerprint density at radius 1 is 0.429 bits per heavy atom. The minimum atomic E-state index is -1.13. The Hall–Kier alpha value is -6.86. The van der Waals surface area contributed by atoms with Crippen molar-refractivity contribution in [3.8, 4) is 0 Å². The van der Waals surface area contributed by atoms with Crippen LogP contribution in [0.4, 0.5) is 22.7 Å². The van der Waals surface area contributed by atoms with Gasteiger partial charge in [-0.05, 0) is 18.2 Å². The van der Waals surface area contributed by atoms with Gasteiger partial charge in [0.05, 0.1) is 43.0 Å². The normalized spacial score (nSPS) is 10.1. The van der Waals surface area contributed by atoms with E-state index in [9.17, 15) is 59.6 Å². The Balaban J connectivity index is 1.66. The average Bonchev–Trinajstić information content (AvgIpc) is 2.97. The summed E-state index contributed by atoms with van der Waals surface area (Å²) in [6, 6.07) is 9.00. The van der Waals surface area contributed by atoms with Gasteiger partial charge in [0.25, 0.3) is 46.4 Å². The van der Waals surface area contributed by atoms with Crippen LogP contribution in [0.5, 0.6) is 0 Å². The van der Waals surface area contributed by atoms with Crippen LogP contribution in [0.3, 0.4) is 0 Å². The summed E-state index contributed by atoms with van der Waals surface area (Å²) in [7, 11) is 0. The molecule has 3 rings (SSSR count). The highest BCUT2D eigenvalue weighted by molar-refractivity contribution is 6.03. The predicted molar refractivity (Wildman–Crippen MR) is 136 cm³/mol. The first-order valence-electron chi connectivity index (χ1n) is 11.0. The number of hydrazine groups is 2. The third-order valence-corrected chi connectivity index (χ3v) is 5.14. The highest BCUT2D eigenvalue weighted by Crippen LogP contribution is 2.23. The van der Waals surface area contributed by atoms with E-state index >= 15 is 0 Å². The molecule has 0 saturated carbocycles. The van der Waals surface area contributed by atoms with E-state index in [1.54, 1.807) is 0 Å². The van der Waals surface area contributed by atoms with E-state index in [0.29, 0.717) is 12.1 Å². The van der Waals surface area contributed by atoms with Gasteiger partial charge in [-0.2, -0.15) is 0 Å². The van der Waals surface area contributed by atoms with Crippen LogP contribution in [0.25, 0.3) is 0 Å². The average molecular weight is 582 g/mol. The van der Waals surface area contributed by atoms with E-state index in [2.05, 4.69) is 0 Å². The lowest BCUT2D eigenvalue weighted by Gasteiger charge is -2.10. The molecule has 0 saturated heterocycles. The van der Waals surface area contributed by atoms with Crippen LogP contribution in [-0.4, -0.2) is 43.3 Å². The maximum absolute atomic E-state index is 12.5. The fourth-order valence-electron chi connectivity index (χ4n) is 3.19. The standard InChI is InChI=1S/C22H14N8O12/c31-19(23-25-21(33)13-5-15(27(35)36)9-16(6-13)28(37)38)11-2-1-3-12(4-11)20(32)24-26-22(34)14-7-17(29(39)40)10-18(8-14)30(41)42/h1-10H,(H,23,31)(H,24,32)(H,25,33)(H,26,34). The molecular weight excluding hydrogens is 568 g/mol. The Bertz CT molecular complexity index is 1510. The summed E-state index contributed by atoms with van der Waals surface area (Å²) in [5.41, 5.74) is 3.42. The lowest BCUT2D eigenvalue weighted by Crippen LogP contribution is -2.42. The third-order valence-electron chi connectivity index (χ3n) is 5.14. The summed E-state index contributed by atoms with van der Waals surface area (Å²) in [5, 5.41) is 44.0. The van der Waals surface area contributed by atoms with Crippen molar-refractivity contribution in [2.24, 2.45) is 0 Å². The molecule has 0 aromatic heterocycles. The first-order chi connectivity index (χ1) is 19.8. The third kappa shape index (κ3) is 7.16. The summed E-state index contributed by atoms with van der Waals surface area (Å²) in [4.78, 5) is 89.8. The number of benzene rings is 3. The van der Waals surface area contributed by atoms with E-state index in [1.165, 1.54) is 18.2 Å². The number of rotatable bonds is 8. The van der Waals surface area contributed by atoms with E-state index in [1.807, 2.05) is 21.7 Å². The second-order valence-corrected chi connectivity index (χ2v) is 7.90. The fourth-order valence-corrected chi connectivity index (χ4v) is 3.19. The Morgan fingerprint density at radius 2 is 0.690 bits per heavy atom. The van der Waals surface area contributed by atoms with Crippen molar-refractivity contribution in [3.05, 3.63) is 123 Å². The zero-order valence-corrected chi connectivity index (χ0v) is 20.5. The molecule has 0 heterocycles. The van der Waals surface area contributed by atoms with Gasteiger partial charge in [-0.1, -0.05) is 6.07 Å². The second-order valence-electron chi connectivity index (χ2n) is 7.90. The van der Waals surface area contributed by atoms with E-state index in [0.717, 1.165) is 30.3 Å². The van der Waals surface area contributed by atoms with Crippen LogP contribution in [0.1, 0.15) is 41.4 Å². The zero-order chi connectivity index (χ0) is 31.1. The lowest BCUT2D eigenvalue weighted by atomic mass is 10.1. The van der Waals surface area contributed by atoms with Gasteiger partial charge in [-0.25, -0.2) is 0 Å². The summed E-state index contributed by atoms with van der Waals surface area (Å²) < 4.78 is 0. The highest BCUT2D eigenvalue weighted by Gasteiger charge is 2.22. The first-order valence-corrected chi connectivity index (χ1v) is 11.0. The van der Waals surface area contributed by atoms with Crippen molar-refractivity contribution in [2.45, 2.75) is 0 Å². The molecule has 4 amide bonds. The molecule has 3 aromatic rings. The van der Waals surface area contributed by atoms with E-state index in [4.69, 9.17) is 0 Å². The number of hydrogen-bond donors (Lipinski definition) is 4. The van der Waals surface area contributed by atoms with Crippen LogP contribution in [0.15, 0.2) is 60.7 Å². The highest BCUT2D eigenvalue weighted by atomic mass is 16.6. The van der Waals surface area contributed by atoms with Crippen molar-refractivity contribution in [2.75, 3.05) is 0 Å². The zero-order valence-electron chi connectivity index (χ0n) is 20.5. The molecule has 0 radical (unpaired) electrons. The van der Waals surface area contributed by atoms with Crippen molar-refractivity contribution < 1.29 is 38.9 Å². The SMILES string of the molecule is O=C(NNC(=O)c1cc([N+](=O)[O-])cc([N+](=O)[O-])c1)c1cccc(C(=O)NNC(=O)c2cc([N+](=O)[O-])cc([N+](=O)[O-])c2)c1. The number of non-ortho nitro benzene ring substituents is 4. The predicted octanol–water partition coefficient (Wildman–Crippen LogP) is 1.47. The summed E-state index contributed by atoms with van der Waals surface area (Å²) in [6.45, 7) is 0. The van der Waals surface area contributed by atoms with Crippen LogP contribution >= 0.6 is 0 Å². The number of nitro benzene ring substituents is 4.